The first kappa shape index (κ1) is 16.3. The number of carbonyl (C=O) groups is 1. The van der Waals surface area contributed by atoms with Gasteiger partial charge < -0.3 is 5.32 Å². The van der Waals surface area contributed by atoms with Crippen LogP contribution in [0.15, 0.2) is 47.9 Å². The van der Waals surface area contributed by atoms with Gasteiger partial charge in [-0.25, -0.2) is 0 Å². The second-order valence-corrected chi connectivity index (χ2v) is 5.61. The maximum Gasteiger partial charge on any atom is 0.416 e. The average Bonchev–Trinajstić information content (AvgIpc) is 2.98. The van der Waals surface area contributed by atoms with Crippen molar-refractivity contribution >= 4 is 23.3 Å². The smallest absolute Gasteiger partial charge is 0.352 e. The van der Waals surface area contributed by atoms with E-state index in [-0.39, 0.29) is 5.91 Å². The average molecular weight is 325 g/mol. The van der Waals surface area contributed by atoms with Crippen LogP contribution in [0.5, 0.6) is 0 Å². The van der Waals surface area contributed by atoms with Gasteiger partial charge in [-0.1, -0.05) is 18.2 Å². The van der Waals surface area contributed by atoms with E-state index in [9.17, 15) is 18.0 Å². The van der Waals surface area contributed by atoms with Gasteiger partial charge in [-0.15, -0.1) is 11.3 Å². The lowest BCUT2D eigenvalue weighted by Crippen LogP contribution is -2.23. The highest BCUT2D eigenvalue weighted by Gasteiger charge is 2.29. The highest BCUT2D eigenvalue weighted by molar-refractivity contribution is 7.09. The molecule has 0 aliphatic rings. The zero-order chi connectivity index (χ0) is 16.0. The summed E-state index contributed by atoms with van der Waals surface area (Å²) in [5, 5.41) is 4.70. The predicted molar refractivity (Wildman–Crippen MR) is 81.5 cm³/mol. The number of benzene rings is 1. The number of thiophene rings is 1. The number of alkyl halides is 3. The van der Waals surface area contributed by atoms with Crippen LogP contribution in [-0.2, 0) is 17.4 Å². The third kappa shape index (κ3) is 5.04. The molecule has 0 bridgehead atoms. The lowest BCUT2D eigenvalue weighted by Gasteiger charge is -2.05. The molecule has 0 unspecified atom stereocenters. The molecule has 1 N–H and O–H groups in total. The summed E-state index contributed by atoms with van der Waals surface area (Å²) < 4.78 is 37.2. The number of amides is 1. The molecule has 1 heterocycles. The Balaban J connectivity index is 1.81. The summed E-state index contributed by atoms with van der Waals surface area (Å²) >= 11 is 1.63. The molecule has 1 amide bonds. The standard InChI is InChI=1S/C16H14F3NOS/c17-16(18,19)13-6-3-12(4-7-13)5-8-15(21)20-10-9-14-2-1-11-22-14/h1-8,11H,9-10H2,(H,20,21)/b8-5+. The normalized spacial score (nSPS) is 11.8. The number of hydrogen-bond donors (Lipinski definition) is 1. The van der Waals surface area contributed by atoms with Crippen LogP contribution in [0.4, 0.5) is 13.2 Å². The molecule has 1 aromatic heterocycles. The number of nitrogens with one attached hydrogen (secondary N) is 1. The van der Waals surface area contributed by atoms with E-state index < -0.39 is 11.7 Å². The molecule has 22 heavy (non-hydrogen) atoms. The first-order valence-corrected chi connectivity index (χ1v) is 7.49. The molecule has 2 aromatic rings. The molecule has 0 saturated carbocycles. The van der Waals surface area contributed by atoms with Crippen LogP contribution in [0.3, 0.4) is 0 Å². The lowest BCUT2D eigenvalue weighted by molar-refractivity contribution is -0.137. The highest BCUT2D eigenvalue weighted by Crippen LogP contribution is 2.29. The Bertz CT molecular complexity index is 630. The van der Waals surface area contributed by atoms with E-state index in [1.54, 1.807) is 11.3 Å². The van der Waals surface area contributed by atoms with Gasteiger partial charge in [0.05, 0.1) is 5.56 Å². The van der Waals surface area contributed by atoms with Gasteiger partial charge in [-0.05, 0) is 41.6 Å². The number of halogens is 3. The second kappa shape index (κ2) is 7.26. The van der Waals surface area contributed by atoms with Gasteiger partial charge in [-0.3, -0.25) is 4.79 Å². The number of carbonyl (C=O) groups excluding carboxylic acids is 1. The molecule has 0 aliphatic heterocycles. The first-order valence-electron chi connectivity index (χ1n) is 6.61. The molecule has 0 radical (unpaired) electrons. The Morgan fingerprint density at radius 3 is 2.50 bits per heavy atom. The van der Waals surface area contributed by atoms with Crippen molar-refractivity contribution in [2.45, 2.75) is 12.6 Å². The third-order valence-electron chi connectivity index (χ3n) is 2.92. The minimum Gasteiger partial charge on any atom is -0.352 e. The summed E-state index contributed by atoms with van der Waals surface area (Å²) in [5.74, 6) is -0.267. The van der Waals surface area contributed by atoms with Gasteiger partial charge in [0.15, 0.2) is 0 Å². The monoisotopic (exact) mass is 325 g/mol. The van der Waals surface area contributed by atoms with E-state index in [0.29, 0.717) is 12.1 Å². The topological polar surface area (TPSA) is 29.1 Å². The quantitative estimate of drug-likeness (QED) is 0.823. The van der Waals surface area contributed by atoms with Gasteiger partial charge in [0.25, 0.3) is 0 Å². The number of hydrogen-bond acceptors (Lipinski definition) is 2. The van der Waals surface area contributed by atoms with Crippen LogP contribution in [-0.4, -0.2) is 12.5 Å². The SMILES string of the molecule is O=C(/C=C/c1ccc(C(F)(F)F)cc1)NCCc1cccs1. The molecule has 0 atom stereocenters. The van der Waals surface area contributed by atoms with Crippen molar-refractivity contribution < 1.29 is 18.0 Å². The molecule has 2 rings (SSSR count). The van der Waals surface area contributed by atoms with Gasteiger partial charge in [-0.2, -0.15) is 13.2 Å². The van der Waals surface area contributed by atoms with Crippen molar-refractivity contribution in [1.82, 2.24) is 5.32 Å². The second-order valence-electron chi connectivity index (χ2n) is 4.57. The molecule has 6 heteroatoms. The van der Waals surface area contributed by atoms with Gasteiger partial charge in [0.1, 0.15) is 0 Å². The minimum atomic E-state index is -4.35. The fraction of sp³-hybridized carbons (Fsp3) is 0.188. The predicted octanol–water partition coefficient (Wildman–Crippen LogP) is 4.14. The van der Waals surface area contributed by atoms with E-state index in [2.05, 4.69) is 5.32 Å². The fourth-order valence-corrected chi connectivity index (χ4v) is 2.49. The lowest BCUT2D eigenvalue weighted by atomic mass is 10.1. The van der Waals surface area contributed by atoms with Gasteiger partial charge in [0, 0.05) is 17.5 Å². The summed E-state index contributed by atoms with van der Waals surface area (Å²) in [6.07, 6.45) is -0.781. The zero-order valence-electron chi connectivity index (χ0n) is 11.6. The van der Waals surface area contributed by atoms with Crippen LogP contribution in [0.1, 0.15) is 16.0 Å². The van der Waals surface area contributed by atoms with E-state index >= 15 is 0 Å². The Labute approximate surface area is 130 Å². The molecule has 0 saturated heterocycles. The molecule has 2 nitrogen and oxygen atoms in total. The Hall–Kier alpha value is -2.08. The first-order chi connectivity index (χ1) is 10.4. The third-order valence-corrected chi connectivity index (χ3v) is 3.85. The maximum atomic E-state index is 12.4. The molecule has 1 aromatic carbocycles. The van der Waals surface area contributed by atoms with Crippen LogP contribution < -0.4 is 5.32 Å². The molecule has 0 spiro atoms. The maximum absolute atomic E-state index is 12.4. The van der Waals surface area contributed by atoms with Crippen molar-refractivity contribution in [1.29, 1.82) is 0 Å². The minimum absolute atomic E-state index is 0.267. The van der Waals surface area contributed by atoms with Crippen molar-refractivity contribution in [3.05, 3.63) is 63.9 Å². The molecular weight excluding hydrogens is 311 g/mol. The van der Waals surface area contributed by atoms with E-state index in [4.69, 9.17) is 0 Å². The number of rotatable bonds is 5. The molecule has 116 valence electrons. The van der Waals surface area contributed by atoms with Gasteiger partial charge >= 0.3 is 6.18 Å². The zero-order valence-corrected chi connectivity index (χ0v) is 12.4. The van der Waals surface area contributed by atoms with E-state index in [0.717, 1.165) is 18.6 Å². The van der Waals surface area contributed by atoms with Crippen LogP contribution in [0.25, 0.3) is 6.08 Å². The highest BCUT2D eigenvalue weighted by atomic mass is 32.1. The van der Waals surface area contributed by atoms with Crippen molar-refractivity contribution in [3.8, 4) is 0 Å². The Morgan fingerprint density at radius 2 is 1.91 bits per heavy atom. The summed E-state index contributed by atoms with van der Waals surface area (Å²) in [6.45, 7) is 0.525. The molecule has 0 aliphatic carbocycles. The molecule has 0 fully saturated rings. The molecular formula is C16H14F3NOS. The summed E-state index contributed by atoms with van der Waals surface area (Å²) in [7, 11) is 0. The Kier molecular flexibility index (Phi) is 5.38. The van der Waals surface area contributed by atoms with Crippen LogP contribution >= 0.6 is 11.3 Å². The summed E-state index contributed by atoms with van der Waals surface area (Å²) in [6, 6.07) is 8.60. The Morgan fingerprint density at radius 1 is 1.18 bits per heavy atom. The fourth-order valence-electron chi connectivity index (χ4n) is 1.78. The largest absolute Gasteiger partial charge is 0.416 e. The van der Waals surface area contributed by atoms with Crippen LogP contribution in [0.2, 0.25) is 0 Å². The van der Waals surface area contributed by atoms with Crippen molar-refractivity contribution in [3.63, 3.8) is 0 Å². The summed E-state index contributed by atoms with van der Waals surface area (Å²) in [4.78, 5) is 12.8. The van der Waals surface area contributed by atoms with Crippen molar-refractivity contribution in [2.24, 2.45) is 0 Å². The van der Waals surface area contributed by atoms with Gasteiger partial charge in [0.2, 0.25) is 5.91 Å². The van der Waals surface area contributed by atoms with Crippen molar-refractivity contribution in [2.75, 3.05) is 6.54 Å². The van der Waals surface area contributed by atoms with E-state index in [1.165, 1.54) is 29.2 Å². The summed E-state index contributed by atoms with van der Waals surface area (Å²) in [5.41, 5.74) is -0.161. The van der Waals surface area contributed by atoms with Crippen LogP contribution in [0, 0.1) is 0 Å². The van der Waals surface area contributed by atoms with E-state index in [1.807, 2.05) is 17.5 Å².